The fourth-order valence-corrected chi connectivity index (χ4v) is 0. The van der Waals surface area contributed by atoms with Gasteiger partial charge in [-0.3, -0.25) is 0 Å². The van der Waals surface area contributed by atoms with Crippen LogP contribution in [0.25, 0.3) is 0 Å². The van der Waals surface area contributed by atoms with Crippen LogP contribution in [0.1, 0.15) is 0 Å². The van der Waals surface area contributed by atoms with Gasteiger partial charge in [0.05, 0.1) is 0 Å². The van der Waals surface area contributed by atoms with Crippen LogP contribution < -0.4 is 0 Å². The first kappa shape index (κ1) is 108. The van der Waals surface area contributed by atoms with E-state index in [0.29, 0.717) is 0 Å². The summed E-state index contributed by atoms with van der Waals surface area (Å²) in [5.41, 5.74) is 0. The molecule has 0 amide bonds. The predicted molar refractivity (Wildman–Crippen MR) is 39.6 cm³/mol. The van der Waals surface area contributed by atoms with Crippen molar-refractivity contribution in [2.45, 2.75) is 0 Å². The number of hydrogen-bond acceptors (Lipinski definition) is 1. The van der Waals surface area contributed by atoms with Gasteiger partial charge in [0.15, 0.2) is 0 Å². The standard InChI is InChI=1S/Ni.H3O4P.7H2O/c;1-5(2,3)4;;;;;;;/h;(H3,1,2,3,4);7*1H2. The molecule has 13 heteroatoms. The molecule has 13 heavy (non-hydrogen) atoms. The van der Waals surface area contributed by atoms with Gasteiger partial charge in [-0.2, -0.15) is 0 Å². The van der Waals surface area contributed by atoms with Crippen molar-refractivity contribution in [2.24, 2.45) is 0 Å². The third kappa shape index (κ3) is 12500. The van der Waals surface area contributed by atoms with Crippen molar-refractivity contribution < 1.29 is 74.1 Å². The Morgan fingerprint density at radius 1 is 0.615 bits per heavy atom. The normalized spacial score (nSPS) is 4.54. The van der Waals surface area contributed by atoms with E-state index in [2.05, 4.69) is 0 Å². The quantitative estimate of drug-likeness (QED) is 0.288. The molecule has 0 aromatic carbocycles. The smallest absolute Gasteiger partial charge is 0.412 e. The maximum Gasteiger partial charge on any atom is 0.466 e. The van der Waals surface area contributed by atoms with Crippen LogP contribution in [0.15, 0.2) is 0 Å². The molecule has 0 aliphatic rings. The Hall–Kier alpha value is 0.324. The van der Waals surface area contributed by atoms with Crippen LogP contribution >= 0.6 is 7.82 Å². The molecule has 0 radical (unpaired) electrons. The van der Waals surface area contributed by atoms with E-state index in [1.54, 1.807) is 0 Å². The molecule has 0 atom stereocenters. The third-order valence-electron chi connectivity index (χ3n) is 0. The van der Waals surface area contributed by atoms with Gasteiger partial charge in [-0.1, -0.05) is 0 Å². The summed E-state index contributed by atoms with van der Waals surface area (Å²) < 4.78 is 8.88. The van der Waals surface area contributed by atoms with Crippen molar-refractivity contribution in [3.8, 4) is 0 Å². The average molecular weight is 283 g/mol. The Balaban J connectivity index is -0.00000000286. The van der Waals surface area contributed by atoms with Gasteiger partial charge < -0.3 is 53.0 Å². The van der Waals surface area contributed by atoms with Gasteiger partial charge in [0, 0.05) is 16.5 Å². The van der Waals surface area contributed by atoms with E-state index in [1.165, 1.54) is 0 Å². The number of rotatable bonds is 0. The Bertz CT molecular complexity index is 56.2. The Morgan fingerprint density at radius 2 is 0.615 bits per heavy atom. The summed E-state index contributed by atoms with van der Waals surface area (Å²) in [6, 6.07) is 0. The molecule has 0 saturated heterocycles. The molecule has 0 rings (SSSR count). The fraction of sp³-hybridized carbons (Fsp3) is 0. The molecule has 11 nitrogen and oxygen atoms in total. The van der Waals surface area contributed by atoms with Crippen molar-refractivity contribution in [1.29, 1.82) is 0 Å². The average Bonchev–Trinajstić information content (AvgIpc) is 0.722. The van der Waals surface area contributed by atoms with Crippen molar-refractivity contribution in [2.75, 3.05) is 0 Å². The third-order valence-corrected chi connectivity index (χ3v) is 0. The molecule has 0 saturated carbocycles. The van der Waals surface area contributed by atoms with Crippen LogP contribution in [0.3, 0.4) is 0 Å². The number of phosphoric acid groups is 1. The minimum atomic E-state index is -4.64. The van der Waals surface area contributed by atoms with Crippen LogP contribution in [-0.2, 0) is 21.1 Å². The Labute approximate surface area is 82.7 Å². The maximum atomic E-state index is 8.88. The van der Waals surface area contributed by atoms with Crippen LogP contribution in [0.5, 0.6) is 0 Å². The first-order chi connectivity index (χ1) is 2.00. The molecule has 0 aliphatic carbocycles. The topological polar surface area (TPSA) is 298 Å². The van der Waals surface area contributed by atoms with Gasteiger partial charge in [0.2, 0.25) is 0 Å². The van der Waals surface area contributed by atoms with Crippen LogP contribution in [0, 0.1) is 0 Å². The molecule has 0 fully saturated rings. The molecular formula is H17NiO11P. The van der Waals surface area contributed by atoms with Gasteiger partial charge in [-0.25, -0.2) is 4.57 Å². The summed E-state index contributed by atoms with van der Waals surface area (Å²) in [7, 11) is -4.64. The second kappa shape index (κ2) is 39.5. The summed E-state index contributed by atoms with van der Waals surface area (Å²) in [6.45, 7) is 0. The Kier molecular flexibility index (Phi) is 329. The van der Waals surface area contributed by atoms with Gasteiger partial charge in [-0.05, 0) is 0 Å². The second-order valence-electron chi connectivity index (χ2n) is 0.513. The summed E-state index contributed by atoms with van der Waals surface area (Å²) in [5, 5.41) is 0. The van der Waals surface area contributed by atoms with Crippen molar-refractivity contribution in [3.63, 3.8) is 0 Å². The van der Waals surface area contributed by atoms with E-state index in [0.717, 1.165) is 0 Å². The van der Waals surface area contributed by atoms with Gasteiger partial charge in [0.1, 0.15) is 0 Å². The van der Waals surface area contributed by atoms with Crippen molar-refractivity contribution in [3.05, 3.63) is 0 Å². The van der Waals surface area contributed by atoms with E-state index in [9.17, 15) is 0 Å². The zero-order valence-corrected chi connectivity index (χ0v) is 7.90. The number of hydrogen-bond donors (Lipinski definition) is 3. The van der Waals surface area contributed by atoms with Gasteiger partial charge in [-0.15, -0.1) is 0 Å². The van der Waals surface area contributed by atoms with E-state index in [1.807, 2.05) is 0 Å². The molecule has 0 aromatic heterocycles. The molecule has 17 N–H and O–H groups in total. The minimum Gasteiger partial charge on any atom is -0.412 e. The van der Waals surface area contributed by atoms with E-state index in [-0.39, 0.29) is 54.8 Å². The van der Waals surface area contributed by atoms with Crippen LogP contribution in [0.4, 0.5) is 0 Å². The first-order valence-corrected chi connectivity index (χ1v) is 2.35. The minimum absolute atomic E-state index is 0. The summed E-state index contributed by atoms with van der Waals surface area (Å²) in [4.78, 5) is 21.6. The van der Waals surface area contributed by atoms with E-state index in [4.69, 9.17) is 19.2 Å². The fourth-order valence-electron chi connectivity index (χ4n) is 0. The van der Waals surface area contributed by atoms with Gasteiger partial charge in [0.25, 0.3) is 0 Å². The van der Waals surface area contributed by atoms with Gasteiger partial charge >= 0.3 is 7.82 Å². The molecule has 0 aromatic rings. The van der Waals surface area contributed by atoms with Crippen LogP contribution in [0.2, 0.25) is 0 Å². The molecule has 98 valence electrons. The zero-order chi connectivity index (χ0) is 4.50. The molecule has 0 aliphatic heterocycles. The molecule has 0 unspecified atom stereocenters. The maximum absolute atomic E-state index is 8.88. The summed E-state index contributed by atoms with van der Waals surface area (Å²) in [5.74, 6) is 0. The Morgan fingerprint density at radius 3 is 0.615 bits per heavy atom. The van der Waals surface area contributed by atoms with Crippen molar-refractivity contribution >= 4 is 7.82 Å². The van der Waals surface area contributed by atoms with E-state index >= 15 is 0 Å². The van der Waals surface area contributed by atoms with E-state index < -0.39 is 7.82 Å². The zero-order valence-electron chi connectivity index (χ0n) is 6.01. The molecule has 0 bridgehead atoms. The molecule has 0 spiro atoms. The largest absolute Gasteiger partial charge is 0.466 e. The summed E-state index contributed by atoms with van der Waals surface area (Å²) >= 11 is 0. The first-order valence-electron chi connectivity index (χ1n) is 0.783. The molecular weight excluding hydrogens is 266 g/mol. The van der Waals surface area contributed by atoms with Crippen LogP contribution in [-0.4, -0.2) is 53.0 Å². The summed E-state index contributed by atoms with van der Waals surface area (Å²) in [6.07, 6.45) is 0. The predicted octanol–water partition coefficient (Wildman–Crippen LogP) is -6.70. The second-order valence-corrected chi connectivity index (χ2v) is 1.54. The SMILES string of the molecule is O.O.O.O.O.O.O.O=P(O)(O)O.[Ni]. The monoisotopic (exact) mass is 282 g/mol. The molecule has 0 heterocycles. The van der Waals surface area contributed by atoms with Crippen molar-refractivity contribution in [1.82, 2.24) is 0 Å².